The molecule has 1 aromatic rings. The molecular weight excluding hydrogens is 190 g/mol. The molecule has 3 heteroatoms. The zero-order valence-corrected chi connectivity index (χ0v) is 8.69. The molecule has 0 atom stereocenters. The van der Waals surface area contributed by atoms with E-state index in [2.05, 4.69) is 0 Å². The summed E-state index contributed by atoms with van der Waals surface area (Å²) in [5.74, 6) is 0.123. The molecule has 1 amide bonds. The van der Waals surface area contributed by atoms with Crippen LogP contribution in [0.1, 0.15) is 18.9 Å². The standard InChI is InChI=1S/C12H13NO2/c1-2-10(14)8-13-11-6-4-3-5-9(11)7-12(13)15/h3-6H,2,7-8H2,1H3. The van der Waals surface area contributed by atoms with Crippen molar-refractivity contribution < 1.29 is 9.59 Å². The number of Topliss-reactive ketones (excluding diaryl/α,β-unsaturated/α-hetero) is 1. The van der Waals surface area contributed by atoms with Gasteiger partial charge in [-0.3, -0.25) is 9.59 Å². The minimum Gasteiger partial charge on any atom is -0.304 e. The van der Waals surface area contributed by atoms with E-state index < -0.39 is 0 Å². The van der Waals surface area contributed by atoms with Crippen molar-refractivity contribution in [2.45, 2.75) is 19.8 Å². The Labute approximate surface area is 88.7 Å². The van der Waals surface area contributed by atoms with E-state index in [0.29, 0.717) is 12.8 Å². The second-order valence-corrected chi connectivity index (χ2v) is 3.68. The topological polar surface area (TPSA) is 37.4 Å². The lowest BCUT2D eigenvalue weighted by atomic mass is 10.2. The number of carbonyl (C=O) groups is 2. The zero-order chi connectivity index (χ0) is 10.8. The second-order valence-electron chi connectivity index (χ2n) is 3.68. The molecular formula is C12H13NO2. The summed E-state index contributed by atoms with van der Waals surface area (Å²) < 4.78 is 0. The molecule has 0 spiro atoms. The first-order valence-corrected chi connectivity index (χ1v) is 5.12. The van der Waals surface area contributed by atoms with Crippen molar-refractivity contribution in [2.75, 3.05) is 11.4 Å². The van der Waals surface area contributed by atoms with Crippen molar-refractivity contribution in [3.05, 3.63) is 29.8 Å². The summed E-state index contributed by atoms with van der Waals surface area (Å²) in [6.07, 6.45) is 0.902. The first kappa shape index (κ1) is 9.90. The molecule has 0 saturated heterocycles. The molecule has 1 aliphatic heterocycles. The number of hydrogen-bond acceptors (Lipinski definition) is 2. The molecule has 15 heavy (non-hydrogen) atoms. The van der Waals surface area contributed by atoms with Gasteiger partial charge in [-0.15, -0.1) is 0 Å². The van der Waals surface area contributed by atoms with Crippen LogP contribution in [0, 0.1) is 0 Å². The number of fused-ring (bicyclic) bond motifs is 1. The van der Waals surface area contributed by atoms with Crippen LogP contribution in [-0.2, 0) is 16.0 Å². The van der Waals surface area contributed by atoms with Gasteiger partial charge in [-0.2, -0.15) is 0 Å². The van der Waals surface area contributed by atoms with Crippen molar-refractivity contribution in [1.82, 2.24) is 0 Å². The van der Waals surface area contributed by atoms with Gasteiger partial charge in [0, 0.05) is 12.1 Å². The van der Waals surface area contributed by atoms with Gasteiger partial charge in [0.25, 0.3) is 0 Å². The fraction of sp³-hybridized carbons (Fsp3) is 0.333. The van der Waals surface area contributed by atoms with Crippen LogP contribution in [0.3, 0.4) is 0 Å². The quantitative estimate of drug-likeness (QED) is 0.747. The van der Waals surface area contributed by atoms with Gasteiger partial charge in [0.05, 0.1) is 13.0 Å². The summed E-state index contributed by atoms with van der Waals surface area (Å²) in [5.41, 5.74) is 1.91. The molecule has 1 aromatic carbocycles. The largest absolute Gasteiger partial charge is 0.304 e. The number of rotatable bonds is 3. The van der Waals surface area contributed by atoms with Gasteiger partial charge >= 0.3 is 0 Å². The Balaban J connectivity index is 2.26. The maximum Gasteiger partial charge on any atom is 0.231 e. The molecule has 0 bridgehead atoms. The fourth-order valence-electron chi connectivity index (χ4n) is 1.78. The second kappa shape index (κ2) is 3.85. The number of hydrogen-bond donors (Lipinski definition) is 0. The van der Waals surface area contributed by atoms with Gasteiger partial charge in [0.1, 0.15) is 0 Å². The van der Waals surface area contributed by atoms with E-state index in [1.54, 1.807) is 4.90 Å². The average Bonchev–Trinajstić information content (AvgIpc) is 2.55. The Hall–Kier alpha value is -1.64. The Bertz CT molecular complexity index is 412. The summed E-state index contributed by atoms with van der Waals surface area (Å²) in [5, 5.41) is 0. The molecule has 78 valence electrons. The number of para-hydroxylation sites is 1. The number of nitrogens with zero attached hydrogens (tertiary/aromatic N) is 1. The summed E-state index contributed by atoms with van der Waals surface area (Å²) in [6.45, 7) is 2.03. The van der Waals surface area contributed by atoms with Crippen LogP contribution in [0.25, 0.3) is 0 Å². The molecule has 0 saturated carbocycles. The zero-order valence-electron chi connectivity index (χ0n) is 8.69. The highest BCUT2D eigenvalue weighted by atomic mass is 16.2. The normalized spacial score (nSPS) is 14.2. The molecule has 2 rings (SSSR count). The minimum atomic E-state index is 0.0259. The highest BCUT2D eigenvalue weighted by molar-refractivity contribution is 6.05. The molecule has 1 aliphatic rings. The van der Waals surface area contributed by atoms with E-state index in [9.17, 15) is 9.59 Å². The van der Waals surface area contributed by atoms with Crippen LogP contribution >= 0.6 is 0 Å². The van der Waals surface area contributed by atoms with Crippen LogP contribution in [0.4, 0.5) is 5.69 Å². The third kappa shape index (κ3) is 1.77. The van der Waals surface area contributed by atoms with Crippen molar-refractivity contribution in [2.24, 2.45) is 0 Å². The van der Waals surface area contributed by atoms with Crippen LogP contribution in [0.2, 0.25) is 0 Å². The molecule has 0 aliphatic carbocycles. The van der Waals surface area contributed by atoms with Crippen LogP contribution in [-0.4, -0.2) is 18.2 Å². The van der Waals surface area contributed by atoms with Gasteiger partial charge in [0.15, 0.2) is 5.78 Å². The molecule has 0 radical (unpaired) electrons. The summed E-state index contributed by atoms with van der Waals surface area (Å²) >= 11 is 0. The summed E-state index contributed by atoms with van der Waals surface area (Å²) in [6, 6.07) is 7.63. The molecule has 0 unspecified atom stereocenters. The maximum absolute atomic E-state index is 11.7. The first-order valence-electron chi connectivity index (χ1n) is 5.12. The van der Waals surface area contributed by atoms with Gasteiger partial charge < -0.3 is 4.90 Å². The average molecular weight is 203 g/mol. The van der Waals surface area contributed by atoms with E-state index >= 15 is 0 Å². The van der Waals surface area contributed by atoms with Crippen molar-refractivity contribution in [3.63, 3.8) is 0 Å². The number of benzene rings is 1. The summed E-state index contributed by atoms with van der Waals surface area (Å²) in [4.78, 5) is 24.6. The predicted molar refractivity (Wildman–Crippen MR) is 57.8 cm³/mol. The van der Waals surface area contributed by atoms with E-state index in [4.69, 9.17) is 0 Å². The Morgan fingerprint density at radius 1 is 1.40 bits per heavy atom. The molecule has 0 fully saturated rings. The van der Waals surface area contributed by atoms with E-state index in [1.807, 2.05) is 31.2 Å². The summed E-state index contributed by atoms with van der Waals surface area (Å²) in [7, 11) is 0. The van der Waals surface area contributed by atoms with Crippen LogP contribution in [0.15, 0.2) is 24.3 Å². The maximum atomic E-state index is 11.7. The van der Waals surface area contributed by atoms with Crippen molar-refractivity contribution in [1.29, 1.82) is 0 Å². The SMILES string of the molecule is CCC(=O)CN1C(=O)Cc2ccccc21. The lowest BCUT2D eigenvalue weighted by Crippen LogP contribution is -2.32. The Kier molecular flexibility index (Phi) is 2.54. The van der Waals surface area contributed by atoms with Crippen LogP contribution < -0.4 is 4.90 Å². The lowest BCUT2D eigenvalue weighted by molar-refractivity contribution is -0.121. The van der Waals surface area contributed by atoms with E-state index in [1.165, 1.54) is 0 Å². The molecule has 1 heterocycles. The third-order valence-electron chi connectivity index (χ3n) is 2.65. The number of anilines is 1. The van der Waals surface area contributed by atoms with Crippen molar-refractivity contribution >= 4 is 17.4 Å². The minimum absolute atomic E-state index is 0.0259. The molecule has 0 aromatic heterocycles. The first-order chi connectivity index (χ1) is 7.22. The van der Waals surface area contributed by atoms with Gasteiger partial charge in [0.2, 0.25) is 5.91 Å². The Morgan fingerprint density at radius 3 is 2.87 bits per heavy atom. The molecule has 3 nitrogen and oxygen atoms in total. The Morgan fingerprint density at radius 2 is 2.13 bits per heavy atom. The number of carbonyl (C=O) groups excluding carboxylic acids is 2. The van der Waals surface area contributed by atoms with Gasteiger partial charge in [-0.25, -0.2) is 0 Å². The van der Waals surface area contributed by atoms with Crippen LogP contribution in [0.5, 0.6) is 0 Å². The van der Waals surface area contributed by atoms with Crippen molar-refractivity contribution in [3.8, 4) is 0 Å². The fourth-order valence-corrected chi connectivity index (χ4v) is 1.78. The number of ketones is 1. The smallest absolute Gasteiger partial charge is 0.231 e. The number of amides is 1. The van der Waals surface area contributed by atoms with Gasteiger partial charge in [-0.05, 0) is 11.6 Å². The van der Waals surface area contributed by atoms with Gasteiger partial charge in [-0.1, -0.05) is 25.1 Å². The monoisotopic (exact) mass is 203 g/mol. The highest BCUT2D eigenvalue weighted by Crippen LogP contribution is 2.27. The molecule has 0 N–H and O–H groups in total. The highest BCUT2D eigenvalue weighted by Gasteiger charge is 2.27. The van der Waals surface area contributed by atoms with E-state index in [0.717, 1.165) is 11.3 Å². The predicted octanol–water partition coefficient (Wildman–Crippen LogP) is 1.55. The van der Waals surface area contributed by atoms with E-state index in [-0.39, 0.29) is 18.2 Å². The lowest BCUT2D eigenvalue weighted by Gasteiger charge is -2.15. The third-order valence-corrected chi connectivity index (χ3v) is 2.65.